The number of rotatable bonds is 3. The number of benzene rings is 2. The number of phenolic OH excluding ortho intramolecular Hbond substituents is 1. The molecule has 1 heterocycles. The van der Waals surface area contributed by atoms with Crippen LogP contribution in [-0.2, 0) is 0 Å². The standard InChI is InChI=1S/C19H18ClN3O2/c1-10-7-8-13(18(24)11(10)2)16-9-17(23-22-16)19(25)21-15-6-4-5-14(20)12(15)3/h4-9,24H,1-3H3,(H,21,25)(H,22,23). The molecule has 0 aliphatic rings. The summed E-state index contributed by atoms with van der Waals surface area (Å²) < 4.78 is 0. The molecule has 0 aliphatic heterocycles. The molecule has 0 bridgehead atoms. The van der Waals surface area contributed by atoms with Crippen molar-refractivity contribution in [3.8, 4) is 17.0 Å². The number of amides is 1. The minimum absolute atomic E-state index is 0.171. The molecule has 0 saturated carbocycles. The topological polar surface area (TPSA) is 78.0 Å². The van der Waals surface area contributed by atoms with Crippen molar-refractivity contribution in [3.05, 3.63) is 63.8 Å². The first-order valence-corrected chi connectivity index (χ1v) is 8.17. The minimum atomic E-state index is -0.326. The van der Waals surface area contributed by atoms with Crippen LogP contribution in [0.5, 0.6) is 5.75 Å². The number of aromatic hydroxyl groups is 1. The molecule has 3 N–H and O–H groups in total. The third-order valence-electron chi connectivity index (χ3n) is 4.32. The number of halogens is 1. The fraction of sp³-hybridized carbons (Fsp3) is 0.158. The van der Waals surface area contributed by atoms with E-state index < -0.39 is 0 Å². The number of H-pyrrole nitrogens is 1. The van der Waals surface area contributed by atoms with Crippen molar-refractivity contribution in [2.75, 3.05) is 5.32 Å². The number of nitrogens with zero attached hydrogens (tertiary/aromatic N) is 1. The van der Waals surface area contributed by atoms with E-state index in [-0.39, 0.29) is 11.7 Å². The summed E-state index contributed by atoms with van der Waals surface area (Å²) in [6.45, 7) is 5.61. The van der Waals surface area contributed by atoms with Crippen molar-refractivity contribution in [3.63, 3.8) is 0 Å². The van der Waals surface area contributed by atoms with Gasteiger partial charge in [0, 0.05) is 16.3 Å². The van der Waals surface area contributed by atoms with Crippen molar-refractivity contribution < 1.29 is 9.90 Å². The highest BCUT2D eigenvalue weighted by atomic mass is 35.5. The van der Waals surface area contributed by atoms with Gasteiger partial charge in [0.2, 0.25) is 0 Å². The number of hydrogen-bond donors (Lipinski definition) is 3. The molecule has 6 heteroatoms. The molecule has 2 aromatic carbocycles. The number of aryl methyl sites for hydroxylation is 1. The predicted molar refractivity (Wildman–Crippen MR) is 99.3 cm³/mol. The van der Waals surface area contributed by atoms with Crippen LogP contribution in [0.3, 0.4) is 0 Å². The molecule has 0 spiro atoms. The first-order valence-electron chi connectivity index (χ1n) is 7.80. The lowest BCUT2D eigenvalue weighted by Crippen LogP contribution is -2.13. The zero-order valence-corrected chi connectivity index (χ0v) is 14.9. The van der Waals surface area contributed by atoms with Crippen LogP contribution < -0.4 is 5.32 Å². The van der Waals surface area contributed by atoms with Gasteiger partial charge in [-0.1, -0.05) is 23.7 Å². The zero-order valence-electron chi connectivity index (χ0n) is 14.1. The smallest absolute Gasteiger partial charge is 0.273 e. The highest BCUT2D eigenvalue weighted by molar-refractivity contribution is 6.31. The summed E-state index contributed by atoms with van der Waals surface area (Å²) in [6, 6.07) is 10.6. The van der Waals surface area contributed by atoms with Gasteiger partial charge in [0.25, 0.3) is 5.91 Å². The number of carbonyl (C=O) groups is 1. The van der Waals surface area contributed by atoms with Crippen LogP contribution in [0.4, 0.5) is 5.69 Å². The van der Waals surface area contributed by atoms with Crippen molar-refractivity contribution in [2.24, 2.45) is 0 Å². The van der Waals surface area contributed by atoms with E-state index in [2.05, 4.69) is 15.5 Å². The Kier molecular flexibility index (Phi) is 4.51. The van der Waals surface area contributed by atoms with Gasteiger partial charge in [-0.3, -0.25) is 9.89 Å². The molecule has 3 rings (SSSR count). The van der Waals surface area contributed by atoms with Crippen LogP contribution >= 0.6 is 11.6 Å². The fourth-order valence-electron chi connectivity index (χ4n) is 2.52. The lowest BCUT2D eigenvalue weighted by atomic mass is 10.0. The highest BCUT2D eigenvalue weighted by Gasteiger charge is 2.16. The maximum atomic E-state index is 12.4. The number of nitrogens with one attached hydrogen (secondary N) is 2. The number of aromatic amines is 1. The average Bonchev–Trinajstić information content (AvgIpc) is 3.07. The van der Waals surface area contributed by atoms with E-state index in [1.165, 1.54) is 0 Å². The molecule has 0 atom stereocenters. The van der Waals surface area contributed by atoms with E-state index in [1.54, 1.807) is 30.3 Å². The molecule has 0 fully saturated rings. The van der Waals surface area contributed by atoms with Gasteiger partial charge in [-0.15, -0.1) is 0 Å². The van der Waals surface area contributed by atoms with Crippen LogP contribution in [0, 0.1) is 20.8 Å². The van der Waals surface area contributed by atoms with Gasteiger partial charge in [-0.2, -0.15) is 5.10 Å². The van der Waals surface area contributed by atoms with E-state index in [1.807, 2.05) is 26.8 Å². The summed E-state index contributed by atoms with van der Waals surface area (Å²) in [7, 11) is 0. The molecular formula is C19H18ClN3O2. The van der Waals surface area contributed by atoms with Gasteiger partial charge in [-0.05, 0) is 61.7 Å². The van der Waals surface area contributed by atoms with Crippen LogP contribution in [0.15, 0.2) is 36.4 Å². The largest absolute Gasteiger partial charge is 0.507 e. The first kappa shape index (κ1) is 17.0. The molecule has 128 valence electrons. The summed E-state index contributed by atoms with van der Waals surface area (Å²) >= 11 is 6.07. The van der Waals surface area contributed by atoms with E-state index >= 15 is 0 Å². The molecule has 0 saturated heterocycles. The zero-order chi connectivity index (χ0) is 18.1. The summed E-state index contributed by atoms with van der Waals surface area (Å²) in [5.74, 6) is -0.156. The van der Waals surface area contributed by atoms with Crippen LogP contribution in [0.2, 0.25) is 5.02 Å². The first-order chi connectivity index (χ1) is 11.9. The Morgan fingerprint density at radius 1 is 1.16 bits per heavy atom. The van der Waals surface area contributed by atoms with Crippen LogP contribution in [0.1, 0.15) is 27.2 Å². The number of carbonyl (C=O) groups excluding carboxylic acids is 1. The van der Waals surface area contributed by atoms with Gasteiger partial charge in [0.05, 0.1) is 5.69 Å². The number of anilines is 1. The lowest BCUT2D eigenvalue weighted by molar-refractivity contribution is 0.102. The maximum absolute atomic E-state index is 12.4. The molecule has 3 aromatic rings. The molecule has 1 amide bonds. The fourth-order valence-corrected chi connectivity index (χ4v) is 2.69. The van der Waals surface area contributed by atoms with Gasteiger partial charge in [0.15, 0.2) is 0 Å². The van der Waals surface area contributed by atoms with E-state index in [0.717, 1.165) is 16.7 Å². The summed E-state index contributed by atoms with van der Waals surface area (Å²) in [5, 5.41) is 20.6. The lowest BCUT2D eigenvalue weighted by Gasteiger charge is -2.08. The van der Waals surface area contributed by atoms with Crippen LogP contribution in [0.25, 0.3) is 11.3 Å². The molecular weight excluding hydrogens is 338 g/mol. The summed E-state index contributed by atoms with van der Waals surface area (Å²) in [5.41, 5.74) is 4.61. The molecule has 1 aromatic heterocycles. The Hall–Kier alpha value is -2.79. The van der Waals surface area contributed by atoms with Crippen molar-refractivity contribution in [1.29, 1.82) is 0 Å². The third kappa shape index (κ3) is 3.23. The van der Waals surface area contributed by atoms with E-state index in [9.17, 15) is 9.90 Å². The second-order valence-electron chi connectivity index (χ2n) is 5.94. The predicted octanol–water partition coefficient (Wildman–Crippen LogP) is 4.61. The molecule has 5 nitrogen and oxygen atoms in total. The van der Waals surface area contributed by atoms with Crippen molar-refractivity contribution >= 4 is 23.2 Å². The van der Waals surface area contributed by atoms with Gasteiger partial charge in [0.1, 0.15) is 11.4 Å². The Morgan fingerprint density at radius 2 is 1.92 bits per heavy atom. The van der Waals surface area contributed by atoms with Crippen molar-refractivity contribution in [1.82, 2.24) is 10.2 Å². The number of phenols is 1. The molecule has 25 heavy (non-hydrogen) atoms. The molecule has 0 unspecified atom stereocenters. The van der Waals surface area contributed by atoms with E-state index in [0.29, 0.717) is 27.7 Å². The van der Waals surface area contributed by atoms with Crippen molar-refractivity contribution in [2.45, 2.75) is 20.8 Å². The normalized spacial score (nSPS) is 10.7. The second kappa shape index (κ2) is 6.61. The van der Waals surface area contributed by atoms with E-state index in [4.69, 9.17) is 11.6 Å². The third-order valence-corrected chi connectivity index (χ3v) is 4.73. The maximum Gasteiger partial charge on any atom is 0.273 e. The summed E-state index contributed by atoms with van der Waals surface area (Å²) in [4.78, 5) is 12.4. The van der Waals surface area contributed by atoms with Gasteiger partial charge < -0.3 is 10.4 Å². The second-order valence-corrected chi connectivity index (χ2v) is 6.34. The highest BCUT2D eigenvalue weighted by Crippen LogP contribution is 2.33. The minimum Gasteiger partial charge on any atom is -0.507 e. The Labute approximate surface area is 150 Å². The monoisotopic (exact) mass is 355 g/mol. The van der Waals surface area contributed by atoms with Gasteiger partial charge in [-0.25, -0.2) is 0 Å². The Balaban J connectivity index is 1.88. The Morgan fingerprint density at radius 3 is 2.68 bits per heavy atom. The van der Waals surface area contributed by atoms with Gasteiger partial charge >= 0.3 is 0 Å². The number of aromatic nitrogens is 2. The molecule has 0 aliphatic carbocycles. The Bertz CT molecular complexity index is 963. The average molecular weight is 356 g/mol. The quantitative estimate of drug-likeness (QED) is 0.641. The number of hydrogen-bond acceptors (Lipinski definition) is 3. The molecule has 0 radical (unpaired) electrons. The SMILES string of the molecule is Cc1ccc(-c2cc(C(=O)Nc3cccc(Cl)c3C)[nH]n2)c(O)c1C. The summed E-state index contributed by atoms with van der Waals surface area (Å²) in [6.07, 6.45) is 0. The van der Waals surface area contributed by atoms with Crippen LogP contribution in [-0.4, -0.2) is 21.2 Å².